The van der Waals surface area contributed by atoms with E-state index in [1.807, 2.05) is 20.8 Å². The lowest BCUT2D eigenvalue weighted by molar-refractivity contribution is -0.131. The number of rotatable bonds is 6. The van der Waals surface area contributed by atoms with Crippen molar-refractivity contribution in [2.75, 3.05) is 6.54 Å². The highest BCUT2D eigenvalue weighted by molar-refractivity contribution is 9.10. The highest BCUT2D eigenvalue weighted by Gasteiger charge is 2.18. The Hall–Kier alpha value is -2.79. The lowest BCUT2D eigenvalue weighted by atomic mass is 10.1. The van der Waals surface area contributed by atoms with E-state index in [9.17, 15) is 14.4 Å². The van der Waals surface area contributed by atoms with Gasteiger partial charge in [0.2, 0.25) is 5.91 Å². The molecule has 8 heteroatoms. The normalized spacial score (nSPS) is 10.9. The Balaban J connectivity index is 1.77. The molecule has 29 heavy (non-hydrogen) atoms. The predicted octanol–water partition coefficient (Wildman–Crippen LogP) is 4.10. The summed E-state index contributed by atoms with van der Waals surface area (Å²) in [5.74, 6) is -0.378. The minimum atomic E-state index is -0.326. The molecule has 0 aliphatic rings. The summed E-state index contributed by atoms with van der Waals surface area (Å²) in [5.41, 5.74) is 4.00. The average Bonchev–Trinajstić information content (AvgIpc) is 3.11. The number of nitriles is 1. The SMILES string of the molecule is CCN(Cc1cc(Br)ccc1F)C(=O)CCc1c(C)nc2c(C#N)cnn2c1C. The van der Waals surface area contributed by atoms with Gasteiger partial charge in [0.25, 0.3) is 0 Å². The minimum absolute atomic E-state index is 0.0519. The van der Waals surface area contributed by atoms with Crippen LogP contribution in [0.4, 0.5) is 4.39 Å². The maximum absolute atomic E-state index is 14.1. The quantitative estimate of drug-likeness (QED) is 0.558. The van der Waals surface area contributed by atoms with Gasteiger partial charge in [-0.25, -0.2) is 13.9 Å². The topological polar surface area (TPSA) is 74.3 Å². The number of nitrogens with zero attached hydrogens (tertiary/aromatic N) is 5. The standard InChI is InChI=1S/C21H21BrFN5O/c1-4-27(12-15-9-17(22)5-7-19(15)23)20(29)8-6-18-13(2)26-21-16(10-24)11-25-28(21)14(18)3/h5,7,9,11H,4,6,8,12H2,1-3H3. The zero-order valence-corrected chi connectivity index (χ0v) is 18.1. The van der Waals surface area contributed by atoms with Crippen LogP contribution in [0.3, 0.4) is 0 Å². The lowest BCUT2D eigenvalue weighted by Gasteiger charge is -2.22. The smallest absolute Gasteiger partial charge is 0.223 e. The van der Waals surface area contributed by atoms with E-state index in [1.165, 1.54) is 12.3 Å². The van der Waals surface area contributed by atoms with E-state index < -0.39 is 0 Å². The lowest BCUT2D eigenvalue weighted by Crippen LogP contribution is -2.31. The van der Waals surface area contributed by atoms with Gasteiger partial charge in [-0.05, 0) is 51.0 Å². The molecule has 0 radical (unpaired) electrons. The Kier molecular flexibility index (Phi) is 6.28. The average molecular weight is 458 g/mol. The second-order valence-electron chi connectivity index (χ2n) is 6.81. The van der Waals surface area contributed by atoms with E-state index in [0.29, 0.717) is 29.7 Å². The fourth-order valence-corrected chi connectivity index (χ4v) is 3.80. The predicted molar refractivity (Wildman–Crippen MR) is 111 cm³/mol. The minimum Gasteiger partial charge on any atom is -0.339 e. The van der Waals surface area contributed by atoms with Crippen molar-refractivity contribution in [1.82, 2.24) is 19.5 Å². The number of carbonyl (C=O) groups is 1. The largest absolute Gasteiger partial charge is 0.339 e. The van der Waals surface area contributed by atoms with Gasteiger partial charge in [-0.15, -0.1) is 0 Å². The molecule has 0 unspecified atom stereocenters. The van der Waals surface area contributed by atoms with Gasteiger partial charge >= 0.3 is 0 Å². The van der Waals surface area contributed by atoms with Crippen molar-refractivity contribution in [3.63, 3.8) is 0 Å². The molecule has 0 N–H and O–H groups in total. The van der Waals surface area contributed by atoms with Crippen LogP contribution >= 0.6 is 15.9 Å². The van der Waals surface area contributed by atoms with Crippen LogP contribution in [-0.4, -0.2) is 31.9 Å². The molecule has 3 aromatic rings. The number of benzene rings is 1. The van der Waals surface area contributed by atoms with Gasteiger partial charge in [-0.2, -0.15) is 10.4 Å². The number of hydrogen-bond acceptors (Lipinski definition) is 4. The van der Waals surface area contributed by atoms with Crippen LogP contribution in [-0.2, 0) is 17.8 Å². The fraction of sp³-hybridized carbons (Fsp3) is 0.333. The number of aromatic nitrogens is 3. The molecule has 0 fully saturated rings. The first-order chi connectivity index (χ1) is 13.8. The Morgan fingerprint density at radius 1 is 1.38 bits per heavy atom. The summed E-state index contributed by atoms with van der Waals surface area (Å²) in [6.07, 6.45) is 2.28. The molecule has 0 saturated carbocycles. The summed E-state index contributed by atoms with van der Waals surface area (Å²) in [6, 6.07) is 6.82. The molecule has 0 aliphatic carbocycles. The molecule has 1 aromatic carbocycles. The number of amides is 1. The zero-order chi connectivity index (χ0) is 21.1. The van der Waals surface area contributed by atoms with Crippen LogP contribution in [0.5, 0.6) is 0 Å². The van der Waals surface area contributed by atoms with Crippen LogP contribution in [0.2, 0.25) is 0 Å². The first kappa shape index (κ1) is 20.9. The van der Waals surface area contributed by atoms with Crippen molar-refractivity contribution in [2.45, 2.75) is 40.2 Å². The maximum atomic E-state index is 14.1. The van der Waals surface area contributed by atoms with Crippen molar-refractivity contribution in [3.8, 4) is 6.07 Å². The number of fused-ring (bicyclic) bond motifs is 1. The second-order valence-corrected chi connectivity index (χ2v) is 7.73. The van der Waals surface area contributed by atoms with E-state index in [2.05, 4.69) is 32.1 Å². The van der Waals surface area contributed by atoms with E-state index in [-0.39, 0.29) is 24.7 Å². The molecule has 0 saturated heterocycles. The van der Waals surface area contributed by atoms with Gasteiger partial charge in [-0.3, -0.25) is 4.79 Å². The van der Waals surface area contributed by atoms with Gasteiger partial charge in [0.1, 0.15) is 17.4 Å². The Bertz CT molecular complexity index is 1120. The van der Waals surface area contributed by atoms with Gasteiger partial charge in [-0.1, -0.05) is 15.9 Å². The van der Waals surface area contributed by atoms with E-state index in [0.717, 1.165) is 21.4 Å². The molecule has 0 atom stereocenters. The molecule has 0 aliphatic heterocycles. The monoisotopic (exact) mass is 457 g/mol. The molecule has 0 spiro atoms. The molecule has 1 amide bonds. The van der Waals surface area contributed by atoms with Crippen molar-refractivity contribution in [2.24, 2.45) is 0 Å². The Morgan fingerprint density at radius 3 is 2.83 bits per heavy atom. The molecular weight excluding hydrogens is 437 g/mol. The van der Waals surface area contributed by atoms with Gasteiger partial charge in [0, 0.05) is 40.9 Å². The Morgan fingerprint density at radius 2 is 2.14 bits per heavy atom. The molecule has 2 aromatic heterocycles. The number of carbonyl (C=O) groups excluding carboxylic acids is 1. The summed E-state index contributed by atoms with van der Waals surface area (Å²) in [7, 11) is 0. The first-order valence-electron chi connectivity index (χ1n) is 9.31. The molecule has 150 valence electrons. The van der Waals surface area contributed by atoms with Gasteiger partial charge in [0.05, 0.1) is 6.20 Å². The summed E-state index contributed by atoms with van der Waals surface area (Å²) in [6.45, 7) is 6.37. The highest BCUT2D eigenvalue weighted by atomic mass is 79.9. The summed E-state index contributed by atoms with van der Waals surface area (Å²) >= 11 is 3.34. The highest BCUT2D eigenvalue weighted by Crippen LogP contribution is 2.20. The second kappa shape index (κ2) is 8.70. The molecule has 0 bridgehead atoms. The van der Waals surface area contributed by atoms with Crippen LogP contribution in [0.1, 0.15) is 41.4 Å². The number of aryl methyl sites for hydroxylation is 2. The molecule has 3 rings (SSSR count). The Labute approximate surface area is 177 Å². The van der Waals surface area contributed by atoms with Crippen molar-refractivity contribution < 1.29 is 9.18 Å². The van der Waals surface area contributed by atoms with Crippen LogP contribution in [0.15, 0.2) is 28.9 Å². The number of halogens is 2. The third-order valence-corrected chi connectivity index (χ3v) is 5.51. The molecular formula is C21H21BrFN5O. The first-order valence-corrected chi connectivity index (χ1v) is 10.1. The third kappa shape index (κ3) is 4.30. The van der Waals surface area contributed by atoms with E-state index in [1.54, 1.807) is 21.5 Å². The van der Waals surface area contributed by atoms with Gasteiger partial charge < -0.3 is 4.90 Å². The molecule has 2 heterocycles. The summed E-state index contributed by atoms with van der Waals surface area (Å²) in [4.78, 5) is 18.9. The maximum Gasteiger partial charge on any atom is 0.223 e. The van der Waals surface area contributed by atoms with Crippen LogP contribution in [0.25, 0.3) is 5.65 Å². The zero-order valence-electron chi connectivity index (χ0n) is 16.5. The summed E-state index contributed by atoms with van der Waals surface area (Å²) in [5, 5.41) is 13.4. The third-order valence-electron chi connectivity index (χ3n) is 5.02. The molecule has 6 nitrogen and oxygen atoms in total. The van der Waals surface area contributed by atoms with E-state index in [4.69, 9.17) is 0 Å². The van der Waals surface area contributed by atoms with Crippen molar-refractivity contribution in [3.05, 3.63) is 62.8 Å². The fourth-order valence-electron chi connectivity index (χ4n) is 3.39. The van der Waals surface area contributed by atoms with Crippen LogP contribution in [0, 0.1) is 31.0 Å². The van der Waals surface area contributed by atoms with Gasteiger partial charge in [0.15, 0.2) is 5.65 Å². The van der Waals surface area contributed by atoms with Crippen molar-refractivity contribution >= 4 is 27.5 Å². The summed E-state index contributed by atoms with van der Waals surface area (Å²) < 4.78 is 16.5. The van der Waals surface area contributed by atoms with Crippen molar-refractivity contribution in [1.29, 1.82) is 5.26 Å². The van der Waals surface area contributed by atoms with Crippen LogP contribution < -0.4 is 0 Å². The van der Waals surface area contributed by atoms with E-state index >= 15 is 0 Å². The number of hydrogen-bond donors (Lipinski definition) is 0.